The molecule has 0 unspecified atom stereocenters. The largest absolute Gasteiger partial charge is 0.293 e. The van der Waals surface area contributed by atoms with Gasteiger partial charge in [0.15, 0.2) is 10.9 Å². The predicted octanol–water partition coefficient (Wildman–Crippen LogP) is 2.59. The molecule has 2 rings (SSSR count). The Labute approximate surface area is 102 Å². The predicted molar refractivity (Wildman–Crippen MR) is 63.5 cm³/mol. The fourth-order valence-electron chi connectivity index (χ4n) is 1.21. The van der Waals surface area contributed by atoms with Gasteiger partial charge in [-0.3, -0.25) is 4.79 Å². The van der Waals surface area contributed by atoms with E-state index in [4.69, 9.17) is 0 Å². The van der Waals surface area contributed by atoms with Crippen LogP contribution in [0.2, 0.25) is 0 Å². The number of carbonyl (C=O) groups excluding carboxylic acids is 1. The molecular weight excluding hydrogens is 239 g/mol. The van der Waals surface area contributed by atoms with Gasteiger partial charge in [0.05, 0.1) is 5.75 Å². The number of benzene rings is 1. The summed E-state index contributed by atoms with van der Waals surface area (Å²) in [5.74, 6) is -0.168. The number of halogens is 1. The van der Waals surface area contributed by atoms with Crippen molar-refractivity contribution in [3.8, 4) is 0 Å². The number of thioether (sulfide) groups is 1. The third kappa shape index (κ3) is 3.35. The van der Waals surface area contributed by atoms with Gasteiger partial charge in [0.1, 0.15) is 5.82 Å². The molecule has 1 heterocycles. The molecule has 1 aromatic carbocycles. The molecule has 3 nitrogen and oxygen atoms in total. The Bertz CT molecular complexity index is 502. The molecule has 1 aromatic heterocycles. The molecule has 0 atom stereocenters. The van der Waals surface area contributed by atoms with E-state index in [1.807, 2.05) is 0 Å². The molecule has 2 aromatic rings. The maximum absolute atomic E-state index is 12.7. The van der Waals surface area contributed by atoms with Crippen LogP contribution in [-0.2, 0) is 0 Å². The molecule has 17 heavy (non-hydrogen) atoms. The van der Waals surface area contributed by atoms with Crippen LogP contribution < -0.4 is 0 Å². The number of carbonyl (C=O) groups is 1. The van der Waals surface area contributed by atoms with Gasteiger partial charge in [-0.2, -0.15) is 0 Å². The van der Waals surface area contributed by atoms with Gasteiger partial charge in [0.25, 0.3) is 0 Å². The lowest BCUT2D eigenvalue weighted by atomic mass is 10.1. The SMILES string of the molecule is O=C(CSc1ncccn1)c1ccc(F)cc1. The van der Waals surface area contributed by atoms with Crippen molar-refractivity contribution in [1.82, 2.24) is 9.97 Å². The summed E-state index contributed by atoms with van der Waals surface area (Å²) < 4.78 is 12.7. The topological polar surface area (TPSA) is 42.9 Å². The maximum atomic E-state index is 12.7. The van der Waals surface area contributed by atoms with Crippen molar-refractivity contribution >= 4 is 17.5 Å². The zero-order valence-electron chi connectivity index (χ0n) is 8.84. The molecular formula is C12H9FN2OS. The Morgan fingerprint density at radius 3 is 2.47 bits per heavy atom. The summed E-state index contributed by atoms with van der Waals surface area (Å²) in [7, 11) is 0. The summed E-state index contributed by atoms with van der Waals surface area (Å²) in [4.78, 5) is 19.7. The number of nitrogens with zero attached hydrogens (tertiary/aromatic N) is 2. The molecule has 5 heteroatoms. The average molecular weight is 248 g/mol. The summed E-state index contributed by atoms with van der Waals surface area (Å²) in [6.07, 6.45) is 3.25. The van der Waals surface area contributed by atoms with Crippen LogP contribution in [0.3, 0.4) is 0 Å². The molecule has 0 radical (unpaired) electrons. The van der Waals surface area contributed by atoms with E-state index in [9.17, 15) is 9.18 Å². The van der Waals surface area contributed by atoms with Crippen LogP contribution in [0, 0.1) is 5.82 Å². The third-order valence-corrected chi connectivity index (χ3v) is 2.92. The Hall–Kier alpha value is -1.75. The number of ketones is 1. The number of Topliss-reactive ketones (excluding diaryl/α,β-unsaturated/α-hetero) is 1. The summed E-state index contributed by atoms with van der Waals surface area (Å²) >= 11 is 1.26. The number of rotatable bonds is 4. The molecule has 0 aliphatic carbocycles. The minimum Gasteiger partial charge on any atom is -0.293 e. The fraction of sp³-hybridized carbons (Fsp3) is 0.0833. The van der Waals surface area contributed by atoms with Crippen molar-refractivity contribution in [3.63, 3.8) is 0 Å². The van der Waals surface area contributed by atoms with Gasteiger partial charge >= 0.3 is 0 Å². The molecule has 0 bridgehead atoms. The van der Waals surface area contributed by atoms with Crippen LogP contribution in [-0.4, -0.2) is 21.5 Å². The van der Waals surface area contributed by atoms with Crippen molar-refractivity contribution in [2.45, 2.75) is 5.16 Å². The molecule has 0 aliphatic heterocycles. The van der Waals surface area contributed by atoms with E-state index in [1.165, 1.54) is 36.0 Å². The summed E-state index contributed by atoms with van der Waals surface area (Å²) in [6, 6.07) is 7.22. The van der Waals surface area contributed by atoms with E-state index in [2.05, 4.69) is 9.97 Å². The van der Waals surface area contributed by atoms with Crippen molar-refractivity contribution in [2.75, 3.05) is 5.75 Å². The smallest absolute Gasteiger partial charge is 0.187 e. The van der Waals surface area contributed by atoms with E-state index in [1.54, 1.807) is 18.5 Å². The first-order chi connectivity index (χ1) is 8.25. The fourth-order valence-corrected chi connectivity index (χ4v) is 1.91. The summed E-state index contributed by atoms with van der Waals surface area (Å²) in [5.41, 5.74) is 0.495. The lowest BCUT2D eigenvalue weighted by Crippen LogP contribution is -2.02. The van der Waals surface area contributed by atoms with Gasteiger partial charge in [0.2, 0.25) is 0 Å². The molecule has 0 spiro atoms. The number of hydrogen-bond donors (Lipinski definition) is 0. The van der Waals surface area contributed by atoms with Crippen LogP contribution in [0.5, 0.6) is 0 Å². The Kier molecular flexibility index (Phi) is 3.82. The average Bonchev–Trinajstić information content (AvgIpc) is 2.38. The first-order valence-electron chi connectivity index (χ1n) is 4.94. The van der Waals surface area contributed by atoms with Gasteiger partial charge in [0, 0.05) is 18.0 Å². The summed E-state index contributed by atoms with van der Waals surface area (Å²) in [5, 5.41) is 0.558. The van der Waals surface area contributed by atoms with Crippen molar-refractivity contribution in [1.29, 1.82) is 0 Å². The first-order valence-corrected chi connectivity index (χ1v) is 5.93. The van der Waals surface area contributed by atoms with Gasteiger partial charge in [-0.1, -0.05) is 11.8 Å². The highest BCUT2D eigenvalue weighted by molar-refractivity contribution is 7.99. The van der Waals surface area contributed by atoms with E-state index in [0.717, 1.165) is 0 Å². The normalized spacial score (nSPS) is 10.2. The van der Waals surface area contributed by atoms with Gasteiger partial charge < -0.3 is 0 Å². The lowest BCUT2D eigenvalue weighted by molar-refractivity contribution is 0.102. The number of hydrogen-bond acceptors (Lipinski definition) is 4. The zero-order valence-corrected chi connectivity index (χ0v) is 9.65. The minimum atomic E-state index is -0.347. The van der Waals surface area contributed by atoms with Crippen molar-refractivity contribution < 1.29 is 9.18 Å². The molecule has 0 saturated heterocycles. The van der Waals surface area contributed by atoms with Crippen molar-refractivity contribution in [3.05, 3.63) is 54.1 Å². The Morgan fingerprint density at radius 2 is 1.82 bits per heavy atom. The highest BCUT2D eigenvalue weighted by Gasteiger charge is 2.07. The summed E-state index contributed by atoms with van der Waals surface area (Å²) in [6.45, 7) is 0. The Balaban J connectivity index is 1.96. The van der Waals surface area contributed by atoms with Crippen LogP contribution in [0.25, 0.3) is 0 Å². The zero-order chi connectivity index (χ0) is 12.1. The van der Waals surface area contributed by atoms with E-state index < -0.39 is 0 Å². The van der Waals surface area contributed by atoms with Crippen LogP contribution in [0.15, 0.2) is 47.9 Å². The lowest BCUT2D eigenvalue weighted by Gasteiger charge is -2.00. The van der Waals surface area contributed by atoms with Crippen LogP contribution in [0.1, 0.15) is 10.4 Å². The van der Waals surface area contributed by atoms with Crippen LogP contribution >= 0.6 is 11.8 Å². The second-order valence-electron chi connectivity index (χ2n) is 3.25. The first kappa shape index (κ1) is 11.7. The maximum Gasteiger partial charge on any atom is 0.187 e. The molecule has 0 aliphatic rings. The highest BCUT2D eigenvalue weighted by Crippen LogP contribution is 2.14. The van der Waals surface area contributed by atoms with Gasteiger partial charge in [-0.15, -0.1) is 0 Å². The molecule has 86 valence electrons. The molecule has 0 amide bonds. The standard InChI is InChI=1S/C12H9FN2OS/c13-10-4-2-9(3-5-10)11(16)8-17-12-14-6-1-7-15-12/h1-7H,8H2. The molecule has 0 N–H and O–H groups in total. The van der Waals surface area contributed by atoms with Gasteiger partial charge in [-0.05, 0) is 30.3 Å². The van der Waals surface area contributed by atoms with Crippen molar-refractivity contribution in [2.24, 2.45) is 0 Å². The van der Waals surface area contributed by atoms with Crippen LogP contribution in [0.4, 0.5) is 4.39 Å². The Morgan fingerprint density at radius 1 is 1.18 bits per heavy atom. The second kappa shape index (κ2) is 5.54. The van der Waals surface area contributed by atoms with E-state index >= 15 is 0 Å². The molecule has 0 saturated carbocycles. The number of aromatic nitrogens is 2. The monoisotopic (exact) mass is 248 g/mol. The van der Waals surface area contributed by atoms with E-state index in [-0.39, 0.29) is 17.4 Å². The van der Waals surface area contributed by atoms with Gasteiger partial charge in [-0.25, -0.2) is 14.4 Å². The minimum absolute atomic E-state index is 0.0672. The quantitative estimate of drug-likeness (QED) is 0.474. The third-order valence-electron chi connectivity index (χ3n) is 2.04. The highest BCUT2D eigenvalue weighted by atomic mass is 32.2. The van der Waals surface area contributed by atoms with E-state index in [0.29, 0.717) is 10.7 Å². The molecule has 0 fully saturated rings. The second-order valence-corrected chi connectivity index (χ2v) is 4.19.